The molecule has 11 rings (SSSR count). The number of carbonyl (C=O) groups is 2. The summed E-state index contributed by atoms with van der Waals surface area (Å²) in [6, 6.07) is 11.3. The minimum Gasteiger partial charge on any atom is -0.398 e. The van der Waals surface area contributed by atoms with E-state index >= 15 is 0 Å². The number of aromatic amines is 2. The minimum atomic E-state index is -0.511. The second-order valence-electron chi connectivity index (χ2n) is 25.3. The second-order valence-corrected chi connectivity index (χ2v) is 27.3. The van der Waals surface area contributed by atoms with E-state index in [1.54, 1.807) is 20.2 Å². The first-order chi connectivity index (χ1) is 39.5. The number of halogens is 6. The lowest BCUT2D eigenvalue weighted by molar-refractivity contribution is 0.00578. The van der Waals surface area contributed by atoms with Crippen molar-refractivity contribution in [2.24, 2.45) is 26.9 Å². The lowest BCUT2D eigenvalue weighted by atomic mass is 9.85. The molecule has 2 atom stereocenters. The molecule has 3 aliphatic heterocycles. The van der Waals surface area contributed by atoms with Crippen LogP contribution < -0.4 is 49.3 Å². The largest absolute Gasteiger partial charge is 0.512 e. The Morgan fingerprint density at radius 3 is 1.40 bits per heavy atom. The Labute approximate surface area is 517 Å². The molecule has 27 heteroatoms. The summed E-state index contributed by atoms with van der Waals surface area (Å²) in [7, 11) is 4.32. The van der Waals surface area contributed by atoms with Gasteiger partial charge in [0.1, 0.15) is 17.5 Å². The van der Waals surface area contributed by atoms with Crippen LogP contribution in [0.2, 0.25) is 5.28 Å². The van der Waals surface area contributed by atoms with Gasteiger partial charge in [-0.05, 0) is 196 Å². The quantitative estimate of drug-likeness (QED) is 0.0640. The Hall–Kier alpha value is -6.84. The molecule has 0 radical (unpaired) electrons. The maximum Gasteiger partial charge on any atom is 0.512 e. The number of amides is 2. The van der Waals surface area contributed by atoms with E-state index < -0.39 is 24.6 Å². The smallest absolute Gasteiger partial charge is 0.398 e. The van der Waals surface area contributed by atoms with Gasteiger partial charge in [0.25, 0.3) is 28.5 Å². The van der Waals surface area contributed by atoms with Gasteiger partial charge in [-0.25, -0.2) is 28.1 Å². The zero-order chi connectivity index (χ0) is 64.4. The van der Waals surface area contributed by atoms with E-state index in [4.69, 9.17) is 26.6 Å². The zero-order valence-corrected chi connectivity index (χ0v) is 55.2. The van der Waals surface area contributed by atoms with Gasteiger partial charge >= 0.3 is 7.12 Å². The second kappa shape index (κ2) is 24.4. The highest BCUT2D eigenvalue weighted by molar-refractivity contribution is 9.11. The molecule has 0 unspecified atom stereocenters. The number of hydrogen-bond acceptors (Lipinski definition) is 13. The normalized spacial score (nSPS) is 16.6. The molecule has 0 saturated carbocycles. The molecule has 8 N–H and O–H groups in total. The van der Waals surface area contributed by atoms with E-state index in [1.165, 1.54) is 57.1 Å². The zero-order valence-electron chi connectivity index (χ0n) is 51.2. The van der Waals surface area contributed by atoms with Crippen molar-refractivity contribution in [1.82, 2.24) is 49.3 Å². The summed E-state index contributed by atoms with van der Waals surface area (Å²) in [5, 5.41) is 13.0. The third-order valence-corrected chi connectivity index (χ3v) is 15.8. The first-order valence-electron chi connectivity index (χ1n) is 27.3. The molecule has 3 aliphatic rings. The van der Waals surface area contributed by atoms with Gasteiger partial charge in [-0.1, -0.05) is 0 Å². The fourth-order valence-electron chi connectivity index (χ4n) is 8.94. The van der Waals surface area contributed by atoms with Crippen LogP contribution in [0.5, 0.6) is 0 Å². The number of nitrogens with two attached hydrogens (primary N) is 1. The Morgan fingerprint density at radius 1 is 0.605 bits per heavy atom. The summed E-state index contributed by atoms with van der Waals surface area (Å²) < 4.78 is 57.9. The summed E-state index contributed by atoms with van der Waals surface area (Å²) >= 11 is 11.9. The number of nitrogens with zero attached hydrogens (tertiary/aromatic N) is 6. The fourth-order valence-corrected chi connectivity index (χ4v) is 9.97. The van der Waals surface area contributed by atoms with Crippen molar-refractivity contribution < 1.29 is 32.1 Å². The van der Waals surface area contributed by atoms with Crippen LogP contribution in [0.25, 0.3) is 44.0 Å². The summed E-state index contributed by atoms with van der Waals surface area (Å²) in [4.78, 5) is 79.9. The molecule has 86 heavy (non-hydrogen) atoms. The van der Waals surface area contributed by atoms with Gasteiger partial charge < -0.3 is 46.3 Å². The number of rotatable bonds is 4. The molecule has 0 spiro atoms. The van der Waals surface area contributed by atoms with Crippen molar-refractivity contribution >= 4 is 113 Å². The molecule has 0 bridgehead atoms. The summed E-state index contributed by atoms with van der Waals surface area (Å²) in [6.45, 7) is 29.5. The van der Waals surface area contributed by atoms with E-state index in [9.17, 15) is 37.1 Å². The van der Waals surface area contributed by atoms with E-state index in [-0.39, 0.29) is 99.2 Å². The molecule has 460 valence electrons. The molecular formula is C59H72BBr2ClF3N13O7. The third-order valence-electron chi connectivity index (χ3n) is 13.9. The summed E-state index contributed by atoms with van der Waals surface area (Å²) in [5.74, 6) is -0.901. The van der Waals surface area contributed by atoms with Crippen LogP contribution in [0.4, 0.5) is 25.1 Å². The van der Waals surface area contributed by atoms with Crippen molar-refractivity contribution in [3.8, 4) is 11.3 Å². The highest BCUT2D eigenvalue weighted by Crippen LogP contribution is 2.38. The van der Waals surface area contributed by atoms with Crippen LogP contribution in [0.1, 0.15) is 148 Å². The minimum absolute atomic E-state index is 0. The molecule has 8 heterocycles. The number of carbonyl (C=O) groups excluding carboxylic acids is 2. The van der Waals surface area contributed by atoms with Crippen LogP contribution >= 0.6 is 43.5 Å². The van der Waals surface area contributed by atoms with Gasteiger partial charge in [0.05, 0.1) is 93.0 Å². The number of aromatic nitrogens is 8. The monoisotopic (exact) mass is 1340 g/mol. The van der Waals surface area contributed by atoms with E-state index in [0.29, 0.717) is 56.1 Å². The molecule has 1 fully saturated rings. The molecular weight excluding hydrogens is 1270 g/mol. The van der Waals surface area contributed by atoms with Crippen LogP contribution in [-0.2, 0) is 30.5 Å². The van der Waals surface area contributed by atoms with Crippen molar-refractivity contribution in [2.45, 2.75) is 144 Å². The molecule has 3 aromatic carbocycles. The van der Waals surface area contributed by atoms with Crippen LogP contribution in [0, 0.1) is 17.5 Å². The predicted molar refractivity (Wildman–Crippen MR) is 340 cm³/mol. The Kier molecular flexibility index (Phi) is 18.9. The predicted octanol–water partition coefficient (Wildman–Crippen LogP) is 10.5. The fraction of sp³-hybridized carbons (Fsp3) is 0.424. The van der Waals surface area contributed by atoms with Crippen molar-refractivity contribution in [3.05, 3.63) is 134 Å². The summed E-state index contributed by atoms with van der Waals surface area (Å²) in [5.41, 5.74) is 8.27. The molecule has 0 aliphatic carbocycles. The van der Waals surface area contributed by atoms with Gasteiger partial charge in [0.15, 0.2) is 0 Å². The van der Waals surface area contributed by atoms with Gasteiger partial charge in [-0.3, -0.25) is 37.7 Å². The average Bonchev–Trinajstić information content (AvgIpc) is 1.74. The molecule has 20 nitrogen and oxygen atoms in total. The lowest BCUT2D eigenvalue weighted by Gasteiger charge is -2.32. The van der Waals surface area contributed by atoms with Gasteiger partial charge in [0.2, 0.25) is 17.2 Å². The number of nitrogens with one attached hydrogen (secondary N) is 6. The highest BCUT2D eigenvalue weighted by atomic mass is 79.9. The number of H-pyrrole nitrogens is 2. The first kappa shape index (κ1) is 66.7. The van der Waals surface area contributed by atoms with Crippen LogP contribution in [0.3, 0.4) is 0 Å². The Morgan fingerprint density at radius 2 is 0.977 bits per heavy atom. The van der Waals surface area contributed by atoms with Crippen LogP contribution in [0.15, 0.2) is 71.9 Å². The molecule has 1 saturated heterocycles. The number of fused-ring (bicyclic) bond motifs is 5. The number of benzene rings is 3. The van der Waals surface area contributed by atoms with Gasteiger partial charge in [-0.15, -0.1) is 0 Å². The van der Waals surface area contributed by atoms with Crippen molar-refractivity contribution in [1.29, 1.82) is 0 Å². The maximum absolute atomic E-state index is 14.9. The van der Waals surface area contributed by atoms with Crippen molar-refractivity contribution in [3.63, 3.8) is 0 Å². The molecule has 5 aromatic heterocycles. The van der Waals surface area contributed by atoms with E-state index in [0.717, 1.165) is 11.3 Å². The Bertz CT molecular complexity index is 4160. The van der Waals surface area contributed by atoms with E-state index in [1.807, 2.05) is 110 Å². The lowest BCUT2D eigenvalue weighted by Crippen LogP contribution is -2.41. The summed E-state index contributed by atoms with van der Waals surface area (Å²) in [6.07, 6.45) is 0. The standard InChI is InChI=1S/C20H22FN5O2.C13H19BN2O3.C13H15BrFN3O.C9H5BrClFN2O.C4H11N/c1-9-15-11(17(27)22-9)8-13(23-15)14-12(21)7-6-10-16(14)24-19(25-20(2,3)4)26(5)18(10)28;1-7-10-8(11(17)15-7)6-9(16-10)14-18-12(2,3)13(4,5)19-14;1-13(2,3)17-12-16-10-7(11(19)18(12)4)5-6-8(15)9(10)14;1-14-8(15)4-2-3-5(12)6(10)7(4)13-9(14)11;1-4(2,3)5/h6-9,23H,1-5H3,(H,22,27)(H,24,25);6-7,16H,1-5H3,(H,15,17);5-6H,1-4H3,(H,16,17);2-3H,1H3;5H2,1-3H3/t9-;7-;;;/m11.../s1. The van der Waals surface area contributed by atoms with Gasteiger partial charge in [-0.2, -0.15) is 0 Å². The van der Waals surface area contributed by atoms with E-state index in [2.05, 4.69) is 78.0 Å². The van der Waals surface area contributed by atoms with Crippen LogP contribution in [-0.4, -0.2) is 85.4 Å². The Balaban J connectivity index is 0.000000163. The van der Waals surface area contributed by atoms with Gasteiger partial charge in [0, 0.05) is 49.0 Å². The first-order valence-corrected chi connectivity index (χ1v) is 29.3. The highest BCUT2D eigenvalue weighted by Gasteiger charge is 2.53. The third kappa shape index (κ3) is 14.3. The average molecular weight is 1340 g/mol. The maximum atomic E-state index is 14.9. The topological polar surface area (TPSA) is 263 Å². The molecule has 2 amide bonds. The number of hydrogen-bond donors (Lipinski definition) is 7. The molecule has 8 aromatic rings. The van der Waals surface area contributed by atoms with Crippen molar-refractivity contribution in [2.75, 3.05) is 10.6 Å². The SMILES string of the molecule is CC(C)(C)N.C[C@H]1NC(=O)c2cc(-c3c(F)ccc4c(=O)n(C)c(NC(C)(C)C)nc34)[nH]c21.C[C@H]1NC(=O)c2cc(B3OC(C)(C)C(C)(C)O3)[nH]c21.Cn1c(Cl)nc2c(Br)c(F)ccc2c1=O.Cn1c(NC(C)(C)C)nc2c(Br)c(F)ccc2c1=O. The number of anilines is 2.